The molecule has 0 amide bonds. The van der Waals surface area contributed by atoms with Gasteiger partial charge in [0.05, 0.1) is 12.2 Å². The van der Waals surface area contributed by atoms with Gasteiger partial charge >= 0.3 is 0 Å². The highest BCUT2D eigenvalue weighted by Gasteiger charge is 2.21. The third-order valence-corrected chi connectivity index (χ3v) is 4.43. The van der Waals surface area contributed by atoms with Gasteiger partial charge in [-0.15, -0.1) is 24.0 Å². The first-order chi connectivity index (χ1) is 10.7. The number of hydrogen-bond donors (Lipinski definition) is 2. The second kappa shape index (κ2) is 11.2. The molecule has 0 spiro atoms. The quantitative estimate of drug-likeness (QED) is 0.302. The Kier molecular flexibility index (Phi) is 10.1. The fraction of sp³-hybridized carbons (Fsp3) is 0.688. The molecule has 23 heavy (non-hydrogen) atoms. The van der Waals surface area contributed by atoms with Crippen LogP contribution in [0.15, 0.2) is 21.8 Å². The van der Waals surface area contributed by atoms with Gasteiger partial charge in [-0.25, -0.2) is 0 Å². The molecule has 7 heteroatoms. The zero-order chi connectivity index (χ0) is 15.8. The zero-order valence-electron chi connectivity index (χ0n) is 14.2. The van der Waals surface area contributed by atoms with Crippen molar-refractivity contribution < 1.29 is 4.74 Å². The van der Waals surface area contributed by atoms with E-state index in [0.717, 1.165) is 45.1 Å². The average molecular weight is 452 g/mol. The lowest BCUT2D eigenvalue weighted by Gasteiger charge is -2.35. The van der Waals surface area contributed by atoms with Crippen molar-refractivity contribution in [1.29, 1.82) is 0 Å². The lowest BCUT2D eigenvalue weighted by atomic mass is 10.2. The van der Waals surface area contributed by atoms with Crippen LogP contribution in [-0.4, -0.2) is 56.3 Å². The number of nitrogens with zero attached hydrogens (tertiary/aromatic N) is 2. The van der Waals surface area contributed by atoms with E-state index in [1.54, 1.807) is 11.3 Å². The SMILES string of the molecule is CN=C(NCCCN1CC(C)OC(C)C1)NCc1ccsc1.I. The van der Waals surface area contributed by atoms with Gasteiger partial charge in [-0.2, -0.15) is 11.3 Å². The molecule has 1 aromatic heterocycles. The fourth-order valence-corrected chi connectivity index (χ4v) is 3.44. The molecule has 1 fully saturated rings. The molecule has 1 aliphatic rings. The van der Waals surface area contributed by atoms with E-state index in [4.69, 9.17) is 4.74 Å². The largest absolute Gasteiger partial charge is 0.373 e. The zero-order valence-corrected chi connectivity index (χ0v) is 17.4. The van der Waals surface area contributed by atoms with E-state index in [-0.39, 0.29) is 24.0 Å². The van der Waals surface area contributed by atoms with E-state index in [0.29, 0.717) is 12.2 Å². The van der Waals surface area contributed by atoms with Gasteiger partial charge in [0.2, 0.25) is 0 Å². The van der Waals surface area contributed by atoms with Crippen molar-refractivity contribution in [1.82, 2.24) is 15.5 Å². The van der Waals surface area contributed by atoms with E-state index < -0.39 is 0 Å². The molecule has 0 bridgehead atoms. The number of thiophene rings is 1. The van der Waals surface area contributed by atoms with Crippen LogP contribution in [0.3, 0.4) is 0 Å². The summed E-state index contributed by atoms with van der Waals surface area (Å²) in [4.78, 5) is 6.75. The summed E-state index contributed by atoms with van der Waals surface area (Å²) in [6.45, 7) is 9.23. The van der Waals surface area contributed by atoms with Crippen molar-refractivity contribution in [2.24, 2.45) is 4.99 Å². The number of halogens is 1. The number of guanidine groups is 1. The number of hydrogen-bond acceptors (Lipinski definition) is 4. The van der Waals surface area contributed by atoms with Crippen molar-refractivity contribution >= 4 is 41.3 Å². The fourth-order valence-electron chi connectivity index (χ4n) is 2.78. The van der Waals surface area contributed by atoms with E-state index in [1.807, 2.05) is 7.05 Å². The van der Waals surface area contributed by atoms with E-state index in [2.05, 4.69) is 51.2 Å². The predicted molar refractivity (Wildman–Crippen MR) is 109 cm³/mol. The smallest absolute Gasteiger partial charge is 0.191 e. The normalized spacial score (nSPS) is 22.5. The molecule has 1 aromatic rings. The summed E-state index contributed by atoms with van der Waals surface area (Å²) in [7, 11) is 1.81. The number of nitrogens with one attached hydrogen (secondary N) is 2. The van der Waals surface area contributed by atoms with Gasteiger partial charge in [-0.1, -0.05) is 0 Å². The first-order valence-corrected chi connectivity index (χ1v) is 8.95. The van der Waals surface area contributed by atoms with E-state index in [9.17, 15) is 0 Å². The van der Waals surface area contributed by atoms with Gasteiger partial charge in [0.1, 0.15) is 0 Å². The molecule has 0 radical (unpaired) electrons. The molecular formula is C16H29IN4OS. The van der Waals surface area contributed by atoms with Gasteiger partial charge in [-0.05, 0) is 42.7 Å². The lowest BCUT2D eigenvalue weighted by Crippen LogP contribution is -2.46. The van der Waals surface area contributed by atoms with Crippen LogP contribution in [0, 0.1) is 0 Å². The van der Waals surface area contributed by atoms with E-state index >= 15 is 0 Å². The molecule has 132 valence electrons. The van der Waals surface area contributed by atoms with E-state index in [1.165, 1.54) is 5.56 Å². The predicted octanol–water partition coefficient (Wildman–Crippen LogP) is 2.53. The van der Waals surface area contributed by atoms with Gasteiger partial charge in [0, 0.05) is 39.8 Å². The highest BCUT2D eigenvalue weighted by molar-refractivity contribution is 14.0. The van der Waals surface area contributed by atoms with Crippen molar-refractivity contribution in [3.8, 4) is 0 Å². The van der Waals surface area contributed by atoms with Crippen LogP contribution >= 0.6 is 35.3 Å². The van der Waals surface area contributed by atoms with Crippen molar-refractivity contribution in [2.75, 3.05) is 33.2 Å². The summed E-state index contributed by atoms with van der Waals surface area (Å²) >= 11 is 1.72. The van der Waals surface area contributed by atoms with Crippen LogP contribution < -0.4 is 10.6 Å². The summed E-state index contributed by atoms with van der Waals surface area (Å²) in [5, 5.41) is 11.0. The summed E-state index contributed by atoms with van der Waals surface area (Å²) in [6, 6.07) is 2.13. The molecule has 0 aromatic carbocycles. The molecule has 1 saturated heterocycles. The minimum Gasteiger partial charge on any atom is -0.373 e. The number of morpholine rings is 1. The first-order valence-electron chi connectivity index (χ1n) is 8.00. The molecule has 2 heterocycles. The monoisotopic (exact) mass is 452 g/mol. The molecule has 5 nitrogen and oxygen atoms in total. The van der Waals surface area contributed by atoms with Crippen LogP contribution in [-0.2, 0) is 11.3 Å². The van der Waals surface area contributed by atoms with Crippen LogP contribution in [0.5, 0.6) is 0 Å². The Morgan fingerprint density at radius 2 is 2.09 bits per heavy atom. The second-order valence-corrected chi connectivity index (χ2v) is 6.63. The van der Waals surface area contributed by atoms with Gasteiger partial charge in [-0.3, -0.25) is 9.89 Å². The standard InChI is InChI=1S/C16H28N4OS.HI/c1-13-10-20(11-14(2)21-13)7-4-6-18-16(17-3)19-9-15-5-8-22-12-15;/h5,8,12-14H,4,6-7,9-11H2,1-3H3,(H2,17,18,19);1H. The third kappa shape index (κ3) is 7.82. The number of ether oxygens (including phenoxy) is 1. The molecule has 2 atom stereocenters. The second-order valence-electron chi connectivity index (χ2n) is 5.85. The van der Waals surface area contributed by atoms with Crippen molar-refractivity contribution in [3.63, 3.8) is 0 Å². The first kappa shape index (κ1) is 20.7. The topological polar surface area (TPSA) is 48.9 Å². The Morgan fingerprint density at radius 1 is 1.35 bits per heavy atom. The summed E-state index contributed by atoms with van der Waals surface area (Å²) in [5.41, 5.74) is 1.30. The molecule has 0 aliphatic carbocycles. The number of rotatable bonds is 6. The minimum absolute atomic E-state index is 0. The summed E-state index contributed by atoms with van der Waals surface area (Å²) < 4.78 is 5.76. The molecule has 2 rings (SSSR count). The maximum atomic E-state index is 5.76. The van der Waals surface area contributed by atoms with Crippen molar-refractivity contribution in [3.05, 3.63) is 22.4 Å². The highest BCUT2D eigenvalue weighted by Crippen LogP contribution is 2.10. The van der Waals surface area contributed by atoms with Crippen LogP contribution in [0.1, 0.15) is 25.8 Å². The maximum absolute atomic E-state index is 5.76. The summed E-state index contributed by atoms with van der Waals surface area (Å²) in [5.74, 6) is 0.870. The molecular weight excluding hydrogens is 423 g/mol. The molecule has 2 N–H and O–H groups in total. The average Bonchev–Trinajstić information content (AvgIpc) is 2.99. The Bertz CT molecular complexity index is 445. The van der Waals surface area contributed by atoms with Gasteiger partial charge in [0.25, 0.3) is 0 Å². The minimum atomic E-state index is 0. The summed E-state index contributed by atoms with van der Waals surface area (Å²) in [6.07, 6.45) is 1.80. The number of aliphatic imine (C=N–C) groups is 1. The van der Waals surface area contributed by atoms with Crippen LogP contribution in [0.2, 0.25) is 0 Å². The Labute approximate surface area is 160 Å². The van der Waals surface area contributed by atoms with Gasteiger partial charge in [0.15, 0.2) is 5.96 Å². The molecule has 1 aliphatic heterocycles. The Hall–Kier alpha value is -0.380. The van der Waals surface area contributed by atoms with Crippen LogP contribution in [0.4, 0.5) is 0 Å². The highest BCUT2D eigenvalue weighted by atomic mass is 127. The Morgan fingerprint density at radius 3 is 2.70 bits per heavy atom. The lowest BCUT2D eigenvalue weighted by molar-refractivity contribution is -0.0679. The molecule has 2 unspecified atom stereocenters. The third-order valence-electron chi connectivity index (χ3n) is 3.70. The molecule has 0 saturated carbocycles. The van der Waals surface area contributed by atoms with Gasteiger partial charge < -0.3 is 15.4 Å². The Balaban J connectivity index is 0.00000264. The van der Waals surface area contributed by atoms with Crippen LogP contribution in [0.25, 0.3) is 0 Å². The maximum Gasteiger partial charge on any atom is 0.191 e. The van der Waals surface area contributed by atoms with Crippen molar-refractivity contribution in [2.45, 2.75) is 39.0 Å².